The van der Waals surface area contributed by atoms with Crippen LogP contribution in [0.25, 0.3) is 0 Å². The lowest BCUT2D eigenvalue weighted by Gasteiger charge is -2.27. The number of rotatable bonds is 13. The first kappa shape index (κ1) is 34.1. The predicted molar refractivity (Wildman–Crippen MR) is 187 cm³/mol. The normalized spacial score (nSPS) is 16.4. The van der Waals surface area contributed by atoms with Crippen LogP contribution in [0, 0.1) is 6.92 Å². The Hall–Kier alpha value is -4.25. The van der Waals surface area contributed by atoms with Crippen molar-refractivity contribution in [2.24, 2.45) is 0 Å². The van der Waals surface area contributed by atoms with Gasteiger partial charge in [0.1, 0.15) is 10.8 Å². The molecule has 0 bridgehead atoms. The molecule has 3 N–H and O–H groups in total. The minimum atomic E-state index is -0.891. The lowest BCUT2D eigenvalue weighted by Crippen LogP contribution is -2.49. The number of aromatic nitrogens is 1. The van der Waals surface area contributed by atoms with Gasteiger partial charge in [-0.15, -0.1) is 11.3 Å². The molecular formula is C37H45N5O4S. The lowest BCUT2D eigenvalue weighted by atomic mass is 9.99. The Kier molecular flexibility index (Phi) is 11.3. The molecule has 4 unspecified atom stereocenters. The summed E-state index contributed by atoms with van der Waals surface area (Å²) in [6, 6.07) is 22.2. The van der Waals surface area contributed by atoms with Gasteiger partial charge in [0.15, 0.2) is 0 Å². The molecule has 3 aromatic carbocycles. The third-order valence-corrected chi connectivity index (χ3v) is 9.75. The van der Waals surface area contributed by atoms with Crippen LogP contribution in [-0.2, 0) is 6.42 Å². The first-order chi connectivity index (χ1) is 22.6. The molecule has 1 saturated heterocycles. The fraction of sp³-hybridized carbons (Fsp3) is 0.378. The van der Waals surface area contributed by atoms with E-state index in [-0.39, 0.29) is 30.4 Å². The molecule has 4 atom stereocenters. The molecule has 4 aromatic rings. The van der Waals surface area contributed by atoms with Crippen LogP contribution in [0.2, 0.25) is 0 Å². The highest BCUT2D eigenvalue weighted by Gasteiger charge is 2.33. The van der Waals surface area contributed by atoms with Crippen molar-refractivity contribution < 1.29 is 19.4 Å². The summed E-state index contributed by atoms with van der Waals surface area (Å²) < 4.78 is 5.37. The molecule has 2 heterocycles. The number of hydrogen-bond acceptors (Lipinski definition) is 8. The van der Waals surface area contributed by atoms with Gasteiger partial charge in [0.2, 0.25) is 0 Å². The Balaban J connectivity index is 1.36. The summed E-state index contributed by atoms with van der Waals surface area (Å²) in [5, 5.41) is 20.9. The lowest BCUT2D eigenvalue weighted by molar-refractivity contribution is 0.0735. The molecule has 0 spiro atoms. The summed E-state index contributed by atoms with van der Waals surface area (Å²) >= 11 is 1.58. The first-order valence-corrected chi connectivity index (χ1v) is 17.0. The van der Waals surface area contributed by atoms with Crippen LogP contribution in [-0.4, -0.2) is 73.2 Å². The summed E-state index contributed by atoms with van der Waals surface area (Å²) in [7, 11) is 5.41. The number of nitrogens with one attached hydrogen (secondary N) is 2. The number of amides is 2. The van der Waals surface area contributed by atoms with Crippen LogP contribution in [0.5, 0.6) is 5.75 Å². The predicted octanol–water partition coefficient (Wildman–Crippen LogP) is 5.56. The number of aliphatic hydroxyl groups excluding tert-OH is 1. The van der Waals surface area contributed by atoms with Gasteiger partial charge in [0.05, 0.1) is 25.3 Å². The zero-order valence-corrected chi connectivity index (χ0v) is 28.6. The van der Waals surface area contributed by atoms with E-state index in [1.165, 1.54) is 0 Å². The Bertz CT molecular complexity index is 1660. The van der Waals surface area contributed by atoms with E-state index in [1.807, 2.05) is 104 Å². The topological polar surface area (TPSA) is 107 Å². The van der Waals surface area contributed by atoms with Gasteiger partial charge in [0, 0.05) is 61.1 Å². The van der Waals surface area contributed by atoms with Crippen molar-refractivity contribution in [2.45, 2.75) is 57.3 Å². The summed E-state index contributed by atoms with van der Waals surface area (Å²) in [6.45, 7) is 4.89. The van der Waals surface area contributed by atoms with Gasteiger partial charge in [-0.25, -0.2) is 4.98 Å². The van der Waals surface area contributed by atoms with Gasteiger partial charge in [-0.1, -0.05) is 42.5 Å². The van der Waals surface area contributed by atoms with E-state index in [0.29, 0.717) is 24.1 Å². The fourth-order valence-electron chi connectivity index (χ4n) is 5.95. The highest BCUT2D eigenvalue weighted by Crippen LogP contribution is 2.35. The third kappa shape index (κ3) is 8.57. The van der Waals surface area contributed by atoms with Crippen molar-refractivity contribution in [3.05, 3.63) is 111 Å². The van der Waals surface area contributed by atoms with E-state index >= 15 is 0 Å². The maximum Gasteiger partial charge on any atom is 0.254 e. The van der Waals surface area contributed by atoms with E-state index in [4.69, 9.17) is 4.74 Å². The number of nitrogens with zero attached hydrogens (tertiary/aromatic N) is 3. The molecular weight excluding hydrogens is 611 g/mol. The number of benzene rings is 3. The van der Waals surface area contributed by atoms with Crippen LogP contribution in [0.4, 0.5) is 5.69 Å². The molecule has 1 aliphatic heterocycles. The largest absolute Gasteiger partial charge is 0.497 e. The SMILES string of the molecule is COc1cccc(C(C)NCC(O)C(Cc2ccccc2)NC(=O)c2cc(C(=O)N3CCCC3c3nc(C)cs3)cc(N(C)C)c2)c1. The third-order valence-electron chi connectivity index (χ3n) is 8.69. The highest BCUT2D eigenvalue weighted by molar-refractivity contribution is 7.09. The molecule has 248 valence electrons. The maximum atomic E-state index is 14.0. The first-order valence-electron chi connectivity index (χ1n) is 16.1. The molecule has 47 heavy (non-hydrogen) atoms. The Morgan fingerprint density at radius 3 is 2.55 bits per heavy atom. The Morgan fingerprint density at radius 2 is 1.85 bits per heavy atom. The number of hydrogen-bond donors (Lipinski definition) is 3. The average molecular weight is 656 g/mol. The van der Waals surface area contributed by atoms with Gasteiger partial charge < -0.3 is 30.3 Å². The van der Waals surface area contributed by atoms with Gasteiger partial charge >= 0.3 is 0 Å². The van der Waals surface area contributed by atoms with E-state index in [9.17, 15) is 14.7 Å². The molecule has 0 aliphatic carbocycles. The quantitative estimate of drug-likeness (QED) is 0.173. The number of aliphatic hydroxyl groups is 1. The maximum absolute atomic E-state index is 14.0. The van der Waals surface area contributed by atoms with Crippen LogP contribution >= 0.6 is 11.3 Å². The zero-order chi connectivity index (χ0) is 33.5. The molecule has 0 saturated carbocycles. The Morgan fingerprint density at radius 1 is 1.09 bits per heavy atom. The van der Waals surface area contributed by atoms with Crippen molar-refractivity contribution in [3.8, 4) is 5.75 Å². The minimum Gasteiger partial charge on any atom is -0.497 e. The minimum absolute atomic E-state index is 0.0547. The van der Waals surface area contributed by atoms with Crippen LogP contribution in [0.1, 0.15) is 74.4 Å². The zero-order valence-electron chi connectivity index (χ0n) is 27.8. The summed E-state index contributed by atoms with van der Waals surface area (Å²) in [5.74, 6) is 0.300. The van der Waals surface area contributed by atoms with Gasteiger partial charge in [-0.2, -0.15) is 0 Å². The van der Waals surface area contributed by atoms with Crippen molar-refractivity contribution in [1.82, 2.24) is 20.5 Å². The fourth-order valence-corrected chi connectivity index (χ4v) is 6.90. The highest BCUT2D eigenvalue weighted by atomic mass is 32.1. The Labute approximate surface area is 281 Å². The van der Waals surface area contributed by atoms with Crippen molar-refractivity contribution in [3.63, 3.8) is 0 Å². The second-order valence-corrected chi connectivity index (χ2v) is 13.3. The summed E-state index contributed by atoms with van der Waals surface area (Å²) in [6.07, 6.45) is 1.31. The number of thiazole rings is 1. The number of ether oxygens (including phenoxy) is 1. The van der Waals surface area contributed by atoms with E-state index in [1.54, 1.807) is 30.6 Å². The van der Waals surface area contributed by atoms with Crippen molar-refractivity contribution in [2.75, 3.05) is 39.2 Å². The summed E-state index contributed by atoms with van der Waals surface area (Å²) in [5.41, 5.74) is 4.54. The number of carbonyl (C=O) groups is 2. The molecule has 5 rings (SSSR count). The standard InChI is InChI=1S/C37H45N5O4S/c1-24-23-47-36(39-24)33-15-10-16-42(33)37(45)29-18-28(19-30(20-29)41(3)4)35(44)40-32(17-26-11-7-6-8-12-26)34(43)22-38-25(2)27-13-9-14-31(21-27)46-5/h6-9,11-14,18-21,23,25,32-34,38,43H,10,15-17,22H2,1-5H3,(H,40,44). The van der Waals surface area contributed by atoms with Gasteiger partial charge in [0.25, 0.3) is 11.8 Å². The molecule has 1 aliphatic rings. The number of methoxy groups -OCH3 is 1. The summed E-state index contributed by atoms with van der Waals surface area (Å²) in [4.78, 5) is 36.3. The van der Waals surface area contributed by atoms with Gasteiger partial charge in [-0.05, 0) is 74.6 Å². The molecule has 10 heteroatoms. The number of anilines is 1. The van der Waals surface area contributed by atoms with E-state index in [0.717, 1.165) is 46.1 Å². The van der Waals surface area contributed by atoms with Crippen LogP contribution < -0.4 is 20.3 Å². The molecule has 1 fully saturated rings. The van der Waals surface area contributed by atoms with Crippen molar-refractivity contribution >= 4 is 28.8 Å². The second kappa shape index (κ2) is 15.6. The van der Waals surface area contributed by atoms with Crippen LogP contribution in [0.15, 0.2) is 78.2 Å². The number of likely N-dealkylation sites (tertiary alicyclic amines) is 1. The molecule has 9 nitrogen and oxygen atoms in total. The van der Waals surface area contributed by atoms with E-state index in [2.05, 4.69) is 15.6 Å². The second-order valence-electron chi connectivity index (χ2n) is 12.4. The molecule has 2 amide bonds. The average Bonchev–Trinajstić information content (AvgIpc) is 3.75. The number of aryl methyl sites for hydroxylation is 1. The molecule has 0 radical (unpaired) electrons. The number of carbonyl (C=O) groups excluding carboxylic acids is 2. The smallest absolute Gasteiger partial charge is 0.254 e. The van der Waals surface area contributed by atoms with Crippen LogP contribution in [0.3, 0.4) is 0 Å². The van der Waals surface area contributed by atoms with E-state index < -0.39 is 12.1 Å². The van der Waals surface area contributed by atoms with Crippen molar-refractivity contribution in [1.29, 1.82) is 0 Å². The van der Waals surface area contributed by atoms with Gasteiger partial charge in [-0.3, -0.25) is 9.59 Å². The monoisotopic (exact) mass is 655 g/mol. The molecule has 1 aromatic heterocycles.